The maximum atomic E-state index is 13.5. The summed E-state index contributed by atoms with van der Waals surface area (Å²) in [7, 11) is 0. The minimum absolute atomic E-state index is 0.0365. The number of nitrogens with two attached hydrogens (primary N) is 1. The number of ether oxygens (including phenoxy) is 1. The Balaban J connectivity index is 2.02. The van der Waals surface area contributed by atoms with Gasteiger partial charge in [0.1, 0.15) is 18.2 Å². The molecule has 2 aromatic rings. The van der Waals surface area contributed by atoms with Gasteiger partial charge in [0.2, 0.25) is 0 Å². The van der Waals surface area contributed by atoms with Crippen molar-refractivity contribution in [1.29, 1.82) is 0 Å². The van der Waals surface area contributed by atoms with Crippen molar-refractivity contribution in [2.24, 2.45) is 5.73 Å². The highest BCUT2D eigenvalue weighted by Gasteiger charge is 2.06. The first-order valence-corrected chi connectivity index (χ1v) is 6.90. The first-order chi connectivity index (χ1) is 9.60. The van der Waals surface area contributed by atoms with Gasteiger partial charge in [-0.1, -0.05) is 30.7 Å². The van der Waals surface area contributed by atoms with Crippen LogP contribution in [0.5, 0.6) is 5.75 Å². The van der Waals surface area contributed by atoms with Gasteiger partial charge in [-0.25, -0.2) is 4.39 Å². The van der Waals surface area contributed by atoms with Crippen LogP contribution < -0.4 is 10.5 Å². The van der Waals surface area contributed by atoms with E-state index in [1.165, 1.54) is 12.1 Å². The minimum Gasteiger partial charge on any atom is -0.489 e. The van der Waals surface area contributed by atoms with Gasteiger partial charge in [0.05, 0.1) is 0 Å². The summed E-state index contributed by atoms with van der Waals surface area (Å²) < 4.78 is 19.1. The van der Waals surface area contributed by atoms with E-state index in [0.717, 1.165) is 12.0 Å². The molecule has 0 radical (unpaired) electrons. The molecule has 0 aliphatic carbocycles. The lowest BCUT2D eigenvalue weighted by Gasteiger charge is -2.11. The minimum atomic E-state index is -0.320. The monoisotopic (exact) mass is 293 g/mol. The van der Waals surface area contributed by atoms with Crippen LogP contribution in [0, 0.1) is 5.82 Å². The van der Waals surface area contributed by atoms with E-state index in [4.69, 9.17) is 22.1 Å². The standard InChI is InChI=1S/C16H17ClFNO/c1-2-16(19)11-3-6-14(7-4-11)20-10-12-9-13(17)5-8-15(12)18/h3-9,16H,2,10,19H2,1H3/t16-/m1/s1. The van der Waals surface area contributed by atoms with E-state index < -0.39 is 0 Å². The van der Waals surface area contributed by atoms with Crippen molar-refractivity contribution in [2.45, 2.75) is 26.0 Å². The van der Waals surface area contributed by atoms with Crippen LogP contribution in [0.15, 0.2) is 42.5 Å². The van der Waals surface area contributed by atoms with Gasteiger partial charge in [0, 0.05) is 16.6 Å². The second-order valence-corrected chi connectivity index (χ2v) is 5.04. The SMILES string of the molecule is CC[C@@H](N)c1ccc(OCc2cc(Cl)ccc2F)cc1. The summed E-state index contributed by atoms with van der Waals surface area (Å²) >= 11 is 5.83. The van der Waals surface area contributed by atoms with Crippen LogP contribution in [0.2, 0.25) is 5.02 Å². The fraction of sp³-hybridized carbons (Fsp3) is 0.250. The van der Waals surface area contributed by atoms with Crippen molar-refractivity contribution in [1.82, 2.24) is 0 Å². The van der Waals surface area contributed by atoms with Crippen LogP contribution in [-0.2, 0) is 6.61 Å². The Morgan fingerprint density at radius 2 is 1.90 bits per heavy atom. The maximum absolute atomic E-state index is 13.5. The van der Waals surface area contributed by atoms with Gasteiger partial charge in [0.25, 0.3) is 0 Å². The van der Waals surface area contributed by atoms with Crippen molar-refractivity contribution in [3.05, 3.63) is 64.4 Å². The topological polar surface area (TPSA) is 35.2 Å². The first kappa shape index (κ1) is 14.8. The van der Waals surface area contributed by atoms with Gasteiger partial charge < -0.3 is 10.5 Å². The summed E-state index contributed by atoms with van der Waals surface area (Å²) in [5, 5.41) is 0.495. The molecule has 2 aromatic carbocycles. The summed E-state index contributed by atoms with van der Waals surface area (Å²) in [5.41, 5.74) is 7.44. The van der Waals surface area contributed by atoms with Crippen LogP contribution in [0.1, 0.15) is 30.5 Å². The third-order valence-electron chi connectivity index (χ3n) is 3.15. The Bertz CT molecular complexity index is 571. The molecule has 0 unspecified atom stereocenters. The van der Waals surface area contributed by atoms with Crippen molar-refractivity contribution in [3.8, 4) is 5.75 Å². The Kier molecular flexibility index (Phi) is 4.99. The molecule has 0 fully saturated rings. The second-order valence-electron chi connectivity index (χ2n) is 4.61. The number of rotatable bonds is 5. The molecule has 0 spiro atoms. The van der Waals surface area contributed by atoms with Crippen LogP contribution in [-0.4, -0.2) is 0 Å². The molecule has 2 nitrogen and oxygen atoms in total. The molecule has 0 saturated carbocycles. The highest BCUT2D eigenvalue weighted by molar-refractivity contribution is 6.30. The van der Waals surface area contributed by atoms with E-state index in [1.807, 2.05) is 31.2 Å². The largest absolute Gasteiger partial charge is 0.489 e. The molecule has 1 atom stereocenters. The van der Waals surface area contributed by atoms with Crippen LogP contribution in [0.25, 0.3) is 0 Å². The Labute approximate surface area is 123 Å². The van der Waals surface area contributed by atoms with E-state index in [2.05, 4.69) is 0 Å². The molecule has 2 rings (SSSR count). The molecule has 0 bridgehead atoms. The Morgan fingerprint density at radius 1 is 1.20 bits per heavy atom. The summed E-state index contributed by atoms with van der Waals surface area (Å²) in [6.07, 6.45) is 0.883. The molecule has 106 valence electrons. The third kappa shape index (κ3) is 3.71. The van der Waals surface area contributed by atoms with Gasteiger partial charge in [-0.05, 0) is 42.3 Å². The number of hydrogen-bond acceptors (Lipinski definition) is 2. The zero-order valence-corrected chi connectivity index (χ0v) is 12.0. The predicted molar refractivity (Wildman–Crippen MR) is 79.4 cm³/mol. The summed E-state index contributed by atoms with van der Waals surface area (Å²) in [6.45, 7) is 2.18. The van der Waals surface area contributed by atoms with Gasteiger partial charge in [-0.2, -0.15) is 0 Å². The molecule has 0 aliphatic heterocycles. The van der Waals surface area contributed by atoms with Crippen molar-refractivity contribution >= 4 is 11.6 Å². The van der Waals surface area contributed by atoms with Crippen LogP contribution >= 0.6 is 11.6 Å². The molecule has 20 heavy (non-hydrogen) atoms. The van der Waals surface area contributed by atoms with E-state index in [0.29, 0.717) is 16.3 Å². The molecule has 2 N–H and O–H groups in total. The zero-order valence-electron chi connectivity index (χ0n) is 11.3. The lowest BCUT2D eigenvalue weighted by molar-refractivity contribution is 0.299. The molecular weight excluding hydrogens is 277 g/mol. The number of halogens is 2. The van der Waals surface area contributed by atoms with Gasteiger partial charge in [0.15, 0.2) is 0 Å². The average Bonchev–Trinajstić information content (AvgIpc) is 2.48. The second kappa shape index (κ2) is 6.73. The molecular formula is C16H17ClFNO. The van der Waals surface area contributed by atoms with Gasteiger partial charge in [-0.3, -0.25) is 0 Å². The first-order valence-electron chi connectivity index (χ1n) is 6.52. The summed E-state index contributed by atoms with van der Waals surface area (Å²) in [5.74, 6) is 0.357. The van der Waals surface area contributed by atoms with Gasteiger partial charge in [-0.15, -0.1) is 0 Å². The Hall–Kier alpha value is -1.58. The van der Waals surface area contributed by atoms with Crippen LogP contribution in [0.3, 0.4) is 0 Å². The van der Waals surface area contributed by atoms with Crippen molar-refractivity contribution < 1.29 is 9.13 Å². The van der Waals surface area contributed by atoms with Gasteiger partial charge >= 0.3 is 0 Å². The lowest BCUT2D eigenvalue weighted by Crippen LogP contribution is -2.08. The van der Waals surface area contributed by atoms with E-state index in [1.54, 1.807) is 6.07 Å². The third-order valence-corrected chi connectivity index (χ3v) is 3.39. The van der Waals surface area contributed by atoms with Crippen molar-refractivity contribution in [3.63, 3.8) is 0 Å². The van der Waals surface area contributed by atoms with E-state index in [-0.39, 0.29) is 18.5 Å². The fourth-order valence-corrected chi connectivity index (χ4v) is 2.06. The highest BCUT2D eigenvalue weighted by atomic mass is 35.5. The van der Waals surface area contributed by atoms with E-state index >= 15 is 0 Å². The van der Waals surface area contributed by atoms with Crippen molar-refractivity contribution in [2.75, 3.05) is 0 Å². The lowest BCUT2D eigenvalue weighted by atomic mass is 10.1. The van der Waals surface area contributed by atoms with E-state index in [9.17, 15) is 4.39 Å². The normalized spacial score (nSPS) is 12.2. The maximum Gasteiger partial charge on any atom is 0.129 e. The average molecular weight is 294 g/mol. The van der Waals surface area contributed by atoms with Crippen LogP contribution in [0.4, 0.5) is 4.39 Å². The highest BCUT2D eigenvalue weighted by Crippen LogP contribution is 2.20. The quantitative estimate of drug-likeness (QED) is 0.883. The fourth-order valence-electron chi connectivity index (χ4n) is 1.86. The molecule has 0 heterocycles. The number of hydrogen-bond donors (Lipinski definition) is 1. The smallest absolute Gasteiger partial charge is 0.129 e. The Morgan fingerprint density at radius 3 is 2.55 bits per heavy atom. The summed E-state index contributed by atoms with van der Waals surface area (Å²) in [4.78, 5) is 0. The number of benzene rings is 2. The summed E-state index contributed by atoms with van der Waals surface area (Å²) in [6, 6.07) is 12.0. The molecule has 4 heteroatoms. The molecule has 0 aliphatic rings. The molecule has 0 saturated heterocycles. The predicted octanol–water partition coefficient (Wildman–Crippen LogP) is 4.47. The molecule has 0 aromatic heterocycles. The zero-order chi connectivity index (χ0) is 14.5. The molecule has 0 amide bonds.